The van der Waals surface area contributed by atoms with Crippen LogP contribution in [0, 0.1) is 5.92 Å². The Balaban J connectivity index is 1.41. The van der Waals surface area contributed by atoms with Gasteiger partial charge in [0.15, 0.2) is 5.82 Å². The second kappa shape index (κ2) is 11.5. The molecule has 10 nitrogen and oxygen atoms in total. The summed E-state index contributed by atoms with van der Waals surface area (Å²) in [7, 11) is 4.13. The van der Waals surface area contributed by atoms with Crippen LogP contribution >= 0.6 is 0 Å². The van der Waals surface area contributed by atoms with Gasteiger partial charge in [-0.2, -0.15) is 0 Å². The molecule has 0 spiro atoms. The molecule has 1 aromatic heterocycles. The number of esters is 2. The number of aromatic nitrogens is 2. The van der Waals surface area contributed by atoms with E-state index < -0.39 is 11.9 Å². The smallest absolute Gasteiger partial charge is 0.339 e. The van der Waals surface area contributed by atoms with Crippen molar-refractivity contribution in [2.45, 2.75) is 12.8 Å². The number of para-hydroxylation sites is 1. The number of rotatable bonds is 7. The zero-order chi connectivity index (χ0) is 26.4. The van der Waals surface area contributed by atoms with Gasteiger partial charge in [-0.1, -0.05) is 12.1 Å². The Morgan fingerprint density at radius 2 is 1.62 bits per heavy atom. The maximum atomic E-state index is 13.0. The second-order valence-electron chi connectivity index (χ2n) is 8.47. The summed E-state index contributed by atoms with van der Waals surface area (Å²) in [5, 5.41) is 11.6. The number of amides is 1. The fraction of sp³-hybridized carbons (Fsp3) is 0.296. The van der Waals surface area contributed by atoms with Crippen molar-refractivity contribution >= 4 is 29.4 Å². The van der Waals surface area contributed by atoms with Gasteiger partial charge < -0.3 is 24.4 Å². The van der Waals surface area contributed by atoms with Crippen LogP contribution in [0.3, 0.4) is 0 Å². The van der Waals surface area contributed by atoms with E-state index in [1.54, 1.807) is 7.11 Å². The average molecular weight is 505 g/mol. The van der Waals surface area contributed by atoms with Crippen LogP contribution in [-0.2, 0) is 14.3 Å². The number of methoxy groups -OCH3 is 3. The number of benzene rings is 2. The summed E-state index contributed by atoms with van der Waals surface area (Å²) in [6, 6.07) is 15.7. The maximum Gasteiger partial charge on any atom is 0.339 e. The largest absolute Gasteiger partial charge is 0.496 e. The Morgan fingerprint density at radius 3 is 2.27 bits per heavy atom. The van der Waals surface area contributed by atoms with Gasteiger partial charge in [0, 0.05) is 24.6 Å². The normalized spacial score (nSPS) is 13.5. The molecule has 1 fully saturated rings. The van der Waals surface area contributed by atoms with Crippen molar-refractivity contribution in [1.82, 2.24) is 10.2 Å². The van der Waals surface area contributed by atoms with E-state index in [2.05, 4.69) is 20.4 Å². The van der Waals surface area contributed by atoms with Gasteiger partial charge in [-0.3, -0.25) is 4.79 Å². The molecule has 0 saturated carbocycles. The highest BCUT2D eigenvalue weighted by Crippen LogP contribution is 2.29. The Labute approximate surface area is 214 Å². The number of carbonyl (C=O) groups excluding carboxylic acids is 3. The molecule has 10 heteroatoms. The van der Waals surface area contributed by atoms with E-state index in [9.17, 15) is 14.4 Å². The Bertz CT molecular complexity index is 1290. The third kappa shape index (κ3) is 5.69. The highest BCUT2D eigenvalue weighted by Gasteiger charge is 2.27. The van der Waals surface area contributed by atoms with Crippen LogP contribution < -0.4 is 15.0 Å². The molecule has 192 valence electrons. The molecule has 3 aromatic rings. The molecule has 1 saturated heterocycles. The van der Waals surface area contributed by atoms with Crippen LogP contribution in [0.15, 0.2) is 54.6 Å². The van der Waals surface area contributed by atoms with Crippen molar-refractivity contribution in [2.24, 2.45) is 5.92 Å². The van der Waals surface area contributed by atoms with E-state index in [4.69, 9.17) is 14.2 Å². The van der Waals surface area contributed by atoms with Gasteiger partial charge in [-0.25, -0.2) is 9.59 Å². The lowest BCUT2D eigenvalue weighted by Crippen LogP contribution is -2.38. The molecule has 0 radical (unpaired) electrons. The van der Waals surface area contributed by atoms with Crippen LogP contribution in [0.4, 0.5) is 11.5 Å². The van der Waals surface area contributed by atoms with E-state index in [1.807, 2.05) is 36.4 Å². The van der Waals surface area contributed by atoms with E-state index in [1.165, 1.54) is 32.4 Å². The van der Waals surface area contributed by atoms with Gasteiger partial charge in [0.1, 0.15) is 5.75 Å². The first-order valence-corrected chi connectivity index (χ1v) is 11.8. The number of carbonyl (C=O) groups is 3. The fourth-order valence-electron chi connectivity index (χ4n) is 4.28. The second-order valence-corrected chi connectivity index (χ2v) is 8.47. The van der Waals surface area contributed by atoms with E-state index in [-0.39, 0.29) is 28.6 Å². The van der Waals surface area contributed by atoms with E-state index in [0.717, 1.165) is 17.1 Å². The topological polar surface area (TPSA) is 120 Å². The SMILES string of the molecule is COC(=O)c1ccc(C(=O)OC)c(NC(=O)C2CCN(c3ccc(-c4ccccc4OC)nn3)CC2)c1. The number of hydrogen-bond acceptors (Lipinski definition) is 9. The van der Waals surface area contributed by atoms with Crippen molar-refractivity contribution in [3.8, 4) is 17.0 Å². The number of piperidine rings is 1. The Hall–Kier alpha value is -4.47. The summed E-state index contributed by atoms with van der Waals surface area (Å²) in [6.45, 7) is 1.24. The summed E-state index contributed by atoms with van der Waals surface area (Å²) in [5.41, 5.74) is 2.16. The van der Waals surface area contributed by atoms with E-state index >= 15 is 0 Å². The lowest BCUT2D eigenvalue weighted by molar-refractivity contribution is -0.120. The lowest BCUT2D eigenvalue weighted by atomic mass is 9.95. The van der Waals surface area contributed by atoms with Gasteiger partial charge >= 0.3 is 11.9 Å². The first-order valence-electron chi connectivity index (χ1n) is 11.8. The quantitative estimate of drug-likeness (QED) is 0.481. The molecule has 0 bridgehead atoms. The first kappa shape index (κ1) is 25.6. The third-order valence-electron chi connectivity index (χ3n) is 6.33. The summed E-state index contributed by atoms with van der Waals surface area (Å²) in [4.78, 5) is 39.2. The number of hydrogen-bond donors (Lipinski definition) is 1. The average Bonchev–Trinajstić information content (AvgIpc) is 2.96. The van der Waals surface area contributed by atoms with Gasteiger partial charge in [0.25, 0.3) is 0 Å². The molecule has 0 aliphatic carbocycles. The molecule has 2 heterocycles. The molecule has 37 heavy (non-hydrogen) atoms. The summed E-state index contributed by atoms with van der Waals surface area (Å²) in [5.74, 6) is -0.233. The highest BCUT2D eigenvalue weighted by molar-refractivity contribution is 6.04. The predicted molar refractivity (Wildman–Crippen MR) is 137 cm³/mol. The Morgan fingerprint density at radius 1 is 0.892 bits per heavy atom. The van der Waals surface area contributed by atoms with Crippen LogP contribution in [0.5, 0.6) is 5.75 Å². The standard InChI is InChI=1S/C27H28N4O6/c1-35-23-7-5-4-6-19(23)21-10-11-24(30-29-21)31-14-12-17(13-15-31)25(32)28-22-16-18(26(33)36-2)8-9-20(22)27(34)37-3/h4-11,16-17H,12-15H2,1-3H3,(H,28,32). The zero-order valence-electron chi connectivity index (χ0n) is 20.9. The van der Waals surface area contributed by atoms with Crippen molar-refractivity contribution in [1.29, 1.82) is 0 Å². The molecule has 0 unspecified atom stereocenters. The molecule has 2 aromatic carbocycles. The molecular formula is C27H28N4O6. The predicted octanol–water partition coefficient (Wildman–Crippen LogP) is 3.58. The molecule has 1 N–H and O–H groups in total. The summed E-state index contributed by atoms with van der Waals surface area (Å²) < 4.78 is 15.0. The Kier molecular flexibility index (Phi) is 7.97. The number of anilines is 2. The number of nitrogens with one attached hydrogen (secondary N) is 1. The minimum Gasteiger partial charge on any atom is -0.496 e. The van der Waals surface area contributed by atoms with Gasteiger partial charge in [0.2, 0.25) is 5.91 Å². The molecule has 1 aliphatic heterocycles. The minimum absolute atomic E-state index is 0.159. The number of ether oxygens (including phenoxy) is 3. The lowest BCUT2D eigenvalue weighted by Gasteiger charge is -2.32. The third-order valence-corrected chi connectivity index (χ3v) is 6.33. The molecule has 4 rings (SSSR count). The number of nitrogens with zero attached hydrogens (tertiary/aromatic N) is 3. The van der Waals surface area contributed by atoms with Crippen LogP contribution in [0.1, 0.15) is 33.6 Å². The van der Waals surface area contributed by atoms with Crippen molar-refractivity contribution < 1.29 is 28.6 Å². The fourth-order valence-corrected chi connectivity index (χ4v) is 4.28. The minimum atomic E-state index is -0.614. The van der Waals surface area contributed by atoms with Crippen LogP contribution in [0.2, 0.25) is 0 Å². The monoisotopic (exact) mass is 504 g/mol. The summed E-state index contributed by atoms with van der Waals surface area (Å²) >= 11 is 0. The van der Waals surface area contributed by atoms with Crippen LogP contribution in [-0.4, -0.2) is 62.5 Å². The maximum absolute atomic E-state index is 13.0. The first-order chi connectivity index (χ1) is 17.9. The molecule has 1 amide bonds. The van der Waals surface area contributed by atoms with Gasteiger partial charge in [0.05, 0.1) is 43.8 Å². The molecule has 1 aliphatic rings. The molecular weight excluding hydrogens is 476 g/mol. The van der Waals surface area contributed by atoms with Crippen molar-refractivity contribution in [3.63, 3.8) is 0 Å². The highest BCUT2D eigenvalue weighted by atomic mass is 16.5. The van der Waals surface area contributed by atoms with E-state index in [0.29, 0.717) is 31.6 Å². The van der Waals surface area contributed by atoms with Crippen LogP contribution in [0.25, 0.3) is 11.3 Å². The van der Waals surface area contributed by atoms with Gasteiger partial charge in [-0.05, 0) is 55.3 Å². The van der Waals surface area contributed by atoms with Crippen molar-refractivity contribution in [3.05, 3.63) is 65.7 Å². The van der Waals surface area contributed by atoms with Gasteiger partial charge in [-0.15, -0.1) is 10.2 Å². The van der Waals surface area contributed by atoms with Crippen molar-refractivity contribution in [2.75, 3.05) is 44.6 Å². The zero-order valence-corrected chi connectivity index (χ0v) is 20.9. The summed E-state index contributed by atoms with van der Waals surface area (Å²) in [6.07, 6.45) is 1.18. The molecule has 0 atom stereocenters.